The molecule has 0 aromatic carbocycles. The molecular weight excluding hydrogens is 991 g/mol. The fourth-order valence-electron chi connectivity index (χ4n) is 13.2. The molecular formula is C70H145N5O5. The van der Waals surface area contributed by atoms with Crippen LogP contribution in [0.3, 0.4) is 0 Å². The summed E-state index contributed by atoms with van der Waals surface area (Å²) in [5.41, 5.74) is 0. The van der Waals surface area contributed by atoms with Gasteiger partial charge in [0.2, 0.25) is 0 Å². The van der Waals surface area contributed by atoms with Crippen LogP contribution in [0.5, 0.6) is 0 Å². The first-order chi connectivity index (χ1) is 39.4. The summed E-state index contributed by atoms with van der Waals surface area (Å²) in [5, 5.41) is 55.2. The predicted molar refractivity (Wildman–Crippen MR) is 348 cm³/mol. The standard InChI is InChI=1S/C70H145N5O5/c1-6-11-16-21-26-31-36-41-46-66(61-76)73(58-60-75(69(64-79)49-44-39-34-29-24-19-14-9-4)70(65-80)50-45-40-35-30-25-20-15-10-5)57-55-71-51-53-72(54-52-71)56-59-74(67(62-77)47-42-37-32-27-22-17-12-7-2)68(63-78)48-43-38-33-28-23-18-13-8-3/h66-70,76-80H,6-65H2,1-5H3/t66-,67-,68-,69-,70-/m1/s1. The summed E-state index contributed by atoms with van der Waals surface area (Å²) in [7, 11) is 0. The molecule has 10 heteroatoms. The van der Waals surface area contributed by atoms with E-state index < -0.39 is 0 Å². The lowest BCUT2D eigenvalue weighted by atomic mass is 9.99. The van der Waals surface area contributed by atoms with Crippen molar-refractivity contribution >= 4 is 0 Å². The quantitative estimate of drug-likeness (QED) is 0.0377. The molecule has 0 bridgehead atoms. The number of hydrogen-bond donors (Lipinski definition) is 5. The molecule has 10 nitrogen and oxygen atoms in total. The lowest BCUT2D eigenvalue weighted by Crippen LogP contribution is -2.54. The first-order valence-electron chi connectivity index (χ1n) is 36.2. The van der Waals surface area contributed by atoms with E-state index in [1.807, 2.05) is 0 Å². The van der Waals surface area contributed by atoms with Crippen LogP contribution in [0.25, 0.3) is 0 Å². The van der Waals surface area contributed by atoms with Crippen molar-refractivity contribution in [3.63, 3.8) is 0 Å². The van der Waals surface area contributed by atoms with Gasteiger partial charge in [-0.15, -0.1) is 0 Å². The highest BCUT2D eigenvalue weighted by Crippen LogP contribution is 2.24. The zero-order chi connectivity index (χ0) is 58.2. The average molecular weight is 1140 g/mol. The van der Waals surface area contributed by atoms with Gasteiger partial charge in [0, 0.05) is 95.7 Å². The Bertz CT molecular complexity index is 1160. The highest BCUT2D eigenvalue weighted by molar-refractivity contribution is 4.85. The lowest BCUT2D eigenvalue weighted by Gasteiger charge is -2.41. The van der Waals surface area contributed by atoms with Crippen molar-refractivity contribution in [2.24, 2.45) is 0 Å². The number of piperazine rings is 1. The van der Waals surface area contributed by atoms with Crippen molar-refractivity contribution < 1.29 is 25.5 Å². The van der Waals surface area contributed by atoms with Crippen LogP contribution in [0.1, 0.15) is 324 Å². The van der Waals surface area contributed by atoms with Gasteiger partial charge in [-0.2, -0.15) is 0 Å². The molecule has 1 fully saturated rings. The maximum atomic E-state index is 11.2. The van der Waals surface area contributed by atoms with Crippen molar-refractivity contribution in [1.82, 2.24) is 24.5 Å². The molecule has 1 aliphatic rings. The number of nitrogens with zero attached hydrogens (tertiary/aromatic N) is 5. The second-order valence-electron chi connectivity index (χ2n) is 25.7. The van der Waals surface area contributed by atoms with Gasteiger partial charge in [-0.05, 0) is 32.1 Å². The molecule has 0 spiro atoms. The normalized spacial score (nSPS) is 15.7. The third-order valence-electron chi connectivity index (χ3n) is 18.9. The van der Waals surface area contributed by atoms with E-state index in [1.54, 1.807) is 0 Å². The van der Waals surface area contributed by atoms with E-state index in [0.29, 0.717) is 0 Å². The zero-order valence-corrected chi connectivity index (χ0v) is 54.8. The summed E-state index contributed by atoms with van der Waals surface area (Å²) in [5.74, 6) is 0. The van der Waals surface area contributed by atoms with Gasteiger partial charge in [-0.25, -0.2) is 0 Å². The summed E-state index contributed by atoms with van der Waals surface area (Å²) in [6, 6.07) is 0.404. The number of rotatable bonds is 64. The van der Waals surface area contributed by atoms with Gasteiger partial charge in [-0.1, -0.05) is 291 Å². The summed E-state index contributed by atoms with van der Waals surface area (Å²) < 4.78 is 0. The summed E-state index contributed by atoms with van der Waals surface area (Å²) >= 11 is 0. The Hall–Kier alpha value is -0.400. The second-order valence-corrected chi connectivity index (χ2v) is 25.7. The fourth-order valence-corrected chi connectivity index (χ4v) is 13.2. The van der Waals surface area contributed by atoms with Gasteiger partial charge >= 0.3 is 0 Å². The van der Waals surface area contributed by atoms with Crippen LogP contribution in [-0.2, 0) is 0 Å². The lowest BCUT2D eigenvalue weighted by molar-refractivity contribution is 0.0186. The van der Waals surface area contributed by atoms with Crippen LogP contribution in [0.4, 0.5) is 0 Å². The highest BCUT2D eigenvalue weighted by atomic mass is 16.3. The monoisotopic (exact) mass is 1140 g/mol. The molecule has 480 valence electrons. The van der Waals surface area contributed by atoms with Crippen molar-refractivity contribution in [3.05, 3.63) is 0 Å². The van der Waals surface area contributed by atoms with Crippen LogP contribution in [0.2, 0.25) is 0 Å². The minimum absolute atomic E-state index is 0.0444. The van der Waals surface area contributed by atoms with Crippen LogP contribution in [0, 0.1) is 0 Å². The zero-order valence-electron chi connectivity index (χ0n) is 54.8. The molecule has 0 saturated carbocycles. The van der Waals surface area contributed by atoms with E-state index in [2.05, 4.69) is 59.1 Å². The molecule has 1 heterocycles. The molecule has 0 aromatic rings. The number of aliphatic hydroxyl groups is 5. The Morgan fingerprint density at radius 3 is 0.713 bits per heavy atom. The minimum atomic E-state index is 0.0444. The highest BCUT2D eigenvalue weighted by Gasteiger charge is 2.30. The fraction of sp³-hybridized carbons (Fsp3) is 1.00. The third-order valence-corrected chi connectivity index (χ3v) is 18.9. The van der Waals surface area contributed by atoms with Gasteiger partial charge in [0.05, 0.1) is 33.0 Å². The average Bonchev–Trinajstić information content (AvgIpc) is 3.48. The van der Waals surface area contributed by atoms with E-state index in [9.17, 15) is 25.5 Å². The smallest absolute Gasteiger partial charge is 0.0587 e. The van der Waals surface area contributed by atoms with Gasteiger partial charge in [-0.3, -0.25) is 24.5 Å². The van der Waals surface area contributed by atoms with Crippen molar-refractivity contribution in [2.75, 3.05) is 98.5 Å². The van der Waals surface area contributed by atoms with Crippen LogP contribution in [-0.4, -0.2) is 179 Å². The number of aliphatic hydroxyl groups excluding tert-OH is 5. The molecule has 1 saturated heterocycles. The van der Waals surface area contributed by atoms with Gasteiger partial charge in [0.15, 0.2) is 0 Å². The Morgan fingerprint density at radius 2 is 0.463 bits per heavy atom. The SMILES string of the molecule is CCCCCCCCCC[C@H](CO)N(CCN1CCN(CCN([C@@H](CO)CCCCCCCCCC)[C@@H](CO)CCCCCCCCCC)CC1)CCN([C@@H](CO)CCCCCCCCCC)[C@@H](CO)CCCCCCCCCC. The van der Waals surface area contributed by atoms with Gasteiger partial charge < -0.3 is 25.5 Å². The van der Waals surface area contributed by atoms with Crippen molar-refractivity contribution in [1.29, 1.82) is 0 Å². The predicted octanol–water partition coefficient (Wildman–Crippen LogP) is 16.0. The molecule has 1 aliphatic heterocycles. The Labute approximate surface area is 500 Å². The van der Waals surface area contributed by atoms with E-state index in [1.165, 1.54) is 225 Å². The molecule has 5 N–H and O–H groups in total. The molecule has 0 amide bonds. The number of hydrogen-bond acceptors (Lipinski definition) is 10. The molecule has 0 unspecified atom stereocenters. The largest absolute Gasteiger partial charge is 0.395 e. The first kappa shape index (κ1) is 77.6. The Morgan fingerprint density at radius 1 is 0.250 bits per heavy atom. The van der Waals surface area contributed by atoms with E-state index in [0.717, 1.165) is 130 Å². The summed E-state index contributed by atoms with van der Waals surface area (Å²) in [6.45, 7) is 21.7. The molecule has 5 atom stereocenters. The van der Waals surface area contributed by atoms with Gasteiger partial charge in [0.1, 0.15) is 0 Å². The molecule has 80 heavy (non-hydrogen) atoms. The Kier molecular flexibility index (Phi) is 57.2. The number of unbranched alkanes of at least 4 members (excludes halogenated alkanes) is 35. The van der Waals surface area contributed by atoms with E-state index in [4.69, 9.17) is 0 Å². The molecule has 0 aliphatic carbocycles. The third kappa shape index (κ3) is 41.6. The second kappa shape index (κ2) is 59.0. The molecule has 0 radical (unpaired) electrons. The molecule has 0 aromatic heterocycles. The van der Waals surface area contributed by atoms with Crippen LogP contribution >= 0.6 is 0 Å². The van der Waals surface area contributed by atoms with Crippen molar-refractivity contribution in [3.8, 4) is 0 Å². The van der Waals surface area contributed by atoms with Crippen LogP contribution < -0.4 is 0 Å². The summed E-state index contributed by atoms with van der Waals surface area (Å²) in [4.78, 5) is 13.0. The minimum Gasteiger partial charge on any atom is -0.395 e. The van der Waals surface area contributed by atoms with E-state index >= 15 is 0 Å². The first-order valence-corrected chi connectivity index (χ1v) is 36.2. The van der Waals surface area contributed by atoms with Gasteiger partial charge in [0.25, 0.3) is 0 Å². The maximum absolute atomic E-state index is 11.2. The van der Waals surface area contributed by atoms with E-state index in [-0.39, 0.29) is 63.2 Å². The Balaban J connectivity index is 3.16. The maximum Gasteiger partial charge on any atom is 0.0587 e. The topological polar surface area (TPSA) is 117 Å². The van der Waals surface area contributed by atoms with Crippen molar-refractivity contribution in [2.45, 2.75) is 354 Å². The molecule has 1 rings (SSSR count). The summed E-state index contributed by atoms with van der Waals surface area (Å²) in [6.07, 6.45) is 56.4. The van der Waals surface area contributed by atoms with Crippen LogP contribution in [0.15, 0.2) is 0 Å².